The zero-order chi connectivity index (χ0) is 13.7. The predicted molar refractivity (Wildman–Crippen MR) is 85.1 cm³/mol. The van der Waals surface area contributed by atoms with Crippen LogP contribution in [0.2, 0.25) is 0 Å². The van der Waals surface area contributed by atoms with Crippen LogP contribution in [0.25, 0.3) is 22.0 Å². The van der Waals surface area contributed by atoms with Gasteiger partial charge in [-0.25, -0.2) is 4.98 Å². The third kappa shape index (κ3) is 1.70. The summed E-state index contributed by atoms with van der Waals surface area (Å²) in [5, 5.41) is 5.90. The number of benzene rings is 2. The van der Waals surface area contributed by atoms with Crippen LogP contribution >= 0.6 is 11.3 Å². The van der Waals surface area contributed by atoms with Crippen molar-refractivity contribution in [2.24, 2.45) is 5.73 Å². The summed E-state index contributed by atoms with van der Waals surface area (Å²) < 4.78 is 0. The van der Waals surface area contributed by atoms with E-state index in [-0.39, 0.29) is 6.04 Å². The molecule has 4 rings (SSSR count). The Hall–Kier alpha value is -1.71. The van der Waals surface area contributed by atoms with Crippen LogP contribution in [-0.2, 0) is 12.8 Å². The molecule has 3 heteroatoms. The highest BCUT2D eigenvalue weighted by atomic mass is 32.1. The second kappa shape index (κ2) is 4.40. The fraction of sp³-hybridized carbons (Fsp3) is 0.235. The van der Waals surface area contributed by atoms with Gasteiger partial charge in [0.25, 0.3) is 0 Å². The lowest BCUT2D eigenvalue weighted by Crippen LogP contribution is -2.03. The van der Waals surface area contributed by atoms with E-state index in [0.717, 1.165) is 23.5 Å². The summed E-state index contributed by atoms with van der Waals surface area (Å²) in [6.07, 6.45) is 2.33. The molecule has 0 bridgehead atoms. The second-order valence-electron chi connectivity index (χ2n) is 5.47. The summed E-state index contributed by atoms with van der Waals surface area (Å²) in [5.74, 6) is 0. The quantitative estimate of drug-likeness (QED) is 0.768. The molecule has 20 heavy (non-hydrogen) atoms. The van der Waals surface area contributed by atoms with Crippen molar-refractivity contribution in [3.05, 3.63) is 51.8 Å². The van der Waals surface area contributed by atoms with Crippen molar-refractivity contribution < 1.29 is 0 Å². The van der Waals surface area contributed by atoms with Gasteiger partial charge in [0.1, 0.15) is 5.01 Å². The number of nitrogens with two attached hydrogens (primary N) is 1. The molecule has 0 amide bonds. The molecule has 2 aromatic carbocycles. The number of hydrogen-bond acceptors (Lipinski definition) is 3. The van der Waals surface area contributed by atoms with Crippen molar-refractivity contribution >= 4 is 22.1 Å². The molecular formula is C17H16N2S. The first kappa shape index (κ1) is 12.1. The van der Waals surface area contributed by atoms with Crippen LogP contribution in [-0.4, -0.2) is 4.98 Å². The van der Waals surface area contributed by atoms with E-state index >= 15 is 0 Å². The van der Waals surface area contributed by atoms with Gasteiger partial charge in [-0.05, 0) is 41.7 Å². The van der Waals surface area contributed by atoms with Crippen LogP contribution in [0.3, 0.4) is 0 Å². The van der Waals surface area contributed by atoms with E-state index in [9.17, 15) is 0 Å². The summed E-state index contributed by atoms with van der Waals surface area (Å²) >= 11 is 1.65. The number of nitrogens with zero attached hydrogens (tertiary/aromatic N) is 1. The molecule has 1 aliphatic carbocycles. The summed E-state index contributed by atoms with van der Waals surface area (Å²) in [4.78, 5) is 4.70. The number of hydrogen-bond donors (Lipinski definition) is 1. The van der Waals surface area contributed by atoms with Crippen LogP contribution in [0.4, 0.5) is 0 Å². The third-order valence-corrected chi connectivity index (χ3v) is 5.11. The number of aryl methyl sites for hydroxylation is 2. The number of aromatic nitrogens is 1. The molecule has 0 spiro atoms. The van der Waals surface area contributed by atoms with Crippen LogP contribution in [0.5, 0.6) is 0 Å². The summed E-state index contributed by atoms with van der Waals surface area (Å²) in [7, 11) is 0. The molecule has 100 valence electrons. The Labute approximate surface area is 122 Å². The Kier molecular flexibility index (Phi) is 2.65. The van der Waals surface area contributed by atoms with Gasteiger partial charge in [-0.15, -0.1) is 11.3 Å². The first-order valence-electron chi connectivity index (χ1n) is 6.99. The zero-order valence-corrected chi connectivity index (χ0v) is 12.2. The highest BCUT2D eigenvalue weighted by molar-refractivity contribution is 7.10. The van der Waals surface area contributed by atoms with Crippen molar-refractivity contribution in [3.63, 3.8) is 0 Å². The molecule has 2 nitrogen and oxygen atoms in total. The lowest BCUT2D eigenvalue weighted by Gasteiger charge is -2.07. The SMILES string of the molecule is CC(N)c1nc(-c2ccc3c4c(cccc24)CC3)cs1. The van der Waals surface area contributed by atoms with Crippen molar-refractivity contribution in [2.45, 2.75) is 25.8 Å². The molecule has 1 unspecified atom stereocenters. The van der Waals surface area contributed by atoms with Crippen LogP contribution < -0.4 is 5.73 Å². The van der Waals surface area contributed by atoms with Gasteiger partial charge >= 0.3 is 0 Å². The molecule has 1 heterocycles. The summed E-state index contributed by atoms with van der Waals surface area (Å²) in [5.41, 5.74) is 11.2. The number of thiazole rings is 1. The summed E-state index contributed by atoms with van der Waals surface area (Å²) in [6.45, 7) is 1.98. The maximum atomic E-state index is 5.92. The Morgan fingerprint density at radius 3 is 2.70 bits per heavy atom. The Morgan fingerprint density at radius 1 is 1.15 bits per heavy atom. The molecule has 1 aromatic heterocycles. The Morgan fingerprint density at radius 2 is 1.95 bits per heavy atom. The zero-order valence-electron chi connectivity index (χ0n) is 11.4. The van der Waals surface area contributed by atoms with Gasteiger partial charge in [0.05, 0.1) is 11.7 Å². The van der Waals surface area contributed by atoms with Crippen molar-refractivity contribution in [1.82, 2.24) is 4.98 Å². The molecule has 0 radical (unpaired) electrons. The van der Waals surface area contributed by atoms with Gasteiger partial charge in [0, 0.05) is 10.9 Å². The Balaban J connectivity index is 1.96. The molecule has 0 aliphatic heterocycles. The van der Waals surface area contributed by atoms with E-state index in [4.69, 9.17) is 10.7 Å². The topological polar surface area (TPSA) is 38.9 Å². The standard InChI is InChI=1S/C17H16N2S/c1-10(18)17-19-15(9-20-17)13-8-7-12-6-5-11-3-2-4-14(13)16(11)12/h2-4,7-10H,5-6,18H2,1H3. The predicted octanol–water partition coefficient (Wildman–Crippen LogP) is 4.08. The van der Waals surface area contributed by atoms with Gasteiger partial charge in [0.15, 0.2) is 0 Å². The molecule has 0 saturated heterocycles. The van der Waals surface area contributed by atoms with E-state index in [1.807, 2.05) is 6.92 Å². The minimum Gasteiger partial charge on any atom is -0.322 e. The average molecular weight is 280 g/mol. The lowest BCUT2D eigenvalue weighted by atomic mass is 9.98. The van der Waals surface area contributed by atoms with Crippen molar-refractivity contribution in [1.29, 1.82) is 0 Å². The molecule has 2 N–H and O–H groups in total. The highest BCUT2D eigenvalue weighted by Gasteiger charge is 2.17. The lowest BCUT2D eigenvalue weighted by molar-refractivity contribution is 0.808. The van der Waals surface area contributed by atoms with E-state index < -0.39 is 0 Å². The summed E-state index contributed by atoms with van der Waals surface area (Å²) in [6, 6.07) is 11.1. The van der Waals surface area contributed by atoms with Gasteiger partial charge in [0.2, 0.25) is 0 Å². The number of rotatable bonds is 2. The van der Waals surface area contributed by atoms with Crippen LogP contribution in [0.15, 0.2) is 35.7 Å². The second-order valence-corrected chi connectivity index (χ2v) is 6.36. The van der Waals surface area contributed by atoms with Crippen molar-refractivity contribution in [3.8, 4) is 11.3 Å². The largest absolute Gasteiger partial charge is 0.322 e. The van der Waals surface area contributed by atoms with Crippen LogP contribution in [0.1, 0.15) is 29.1 Å². The maximum absolute atomic E-state index is 5.92. The van der Waals surface area contributed by atoms with Crippen LogP contribution in [0, 0.1) is 0 Å². The molecule has 3 aromatic rings. The first-order valence-corrected chi connectivity index (χ1v) is 7.87. The monoisotopic (exact) mass is 280 g/mol. The molecular weight excluding hydrogens is 264 g/mol. The van der Waals surface area contributed by atoms with Gasteiger partial charge in [-0.2, -0.15) is 0 Å². The van der Waals surface area contributed by atoms with Gasteiger partial charge in [-0.3, -0.25) is 0 Å². The van der Waals surface area contributed by atoms with Gasteiger partial charge in [-0.1, -0.05) is 30.3 Å². The van der Waals surface area contributed by atoms with Crippen molar-refractivity contribution in [2.75, 3.05) is 0 Å². The van der Waals surface area contributed by atoms with E-state index in [1.165, 1.54) is 27.5 Å². The minimum absolute atomic E-state index is 0.00512. The highest BCUT2D eigenvalue weighted by Crippen LogP contribution is 2.37. The third-order valence-electron chi connectivity index (χ3n) is 4.06. The van der Waals surface area contributed by atoms with E-state index in [2.05, 4.69) is 35.7 Å². The smallest absolute Gasteiger partial charge is 0.110 e. The normalized spacial score (nSPS) is 14.9. The molecule has 0 fully saturated rings. The molecule has 0 saturated carbocycles. The first-order chi connectivity index (χ1) is 9.74. The molecule has 1 aliphatic rings. The minimum atomic E-state index is 0.00512. The Bertz CT molecular complexity index is 792. The van der Waals surface area contributed by atoms with Gasteiger partial charge < -0.3 is 5.73 Å². The van der Waals surface area contributed by atoms with E-state index in [1.54, 1.807) is 11.3 Å². The maximum Gasteiger partial charge on any atom is 0.110 e. The fourth-order valence-corrected chi connectivity index (χ4v) is 3.87. The fourth-order valence-electron chi connectivity index (χ4n) is 3.09. The molecule has 1 atom stereocenters. The average Bonchev–Trinajstić information content (AvgIpc) is 3.08. The van der Waals surface area contributed by atoms with E-state index in [0.29, 0.717) is 0 Å².